The van der Waals surface area contributed by atoms with Crippen LogP contribution >= 0.6 is 0 Å². The monoisotopic (exact) mass is 259 g/mol. The normalized spacial score (nSPS) is 14.8. The lowest BCUT2D eigenvalue weighted by atomic mass is 10.2. The van der Waals surface area contributed by atoms with E-state index in [9.17, 15) is 9.00 Å². The molecule has 2 atom stereocenters. The Morgan fingerprint density at radius 3 is 2.71 bits per heavy atom. The van der Waals surface area contributed by atoms with E-state index in [1.165, 1.54) is 6.33 Å². The molecule has 0 fully saturated rings. The van der Waals surface area contributed by atoms with Gasteiger partial charge in [0.25, 0.3) is 0 Å². The third-order valence-electron chi connectivity index (χ3n) is 2.28. The summed E-state index contributed by atoms with van der Waals surface area (Å²) in [5.74, 6) is -0.512. The van der Waals surface area contributed by atoms with Crippen LogP contribution in [0.2, 0.25) is 0 Å². The first-order chi connectivity index (χ1) is 7.91. The molecule has 1 N–H and O–H groups in total. The number of carboxylic acid groups (broad SMARTS) is 1. The van der Waals surface area contributed by atoms with Gasteiger partial charge >= 0.3 is 5.97 Å². The number of hydrogen-bond acceptors (Lipinski definition) is 4. The molecule has 0 spiro atoms. The highest BCUT2D eigenvalue weighted by atomic mass is 32.2. The molecule has 7 heteroatoms. The van der Waals surface area contributed by atoms with Gasteiger partial charge < -0.3 is 5.11 Å². The second-order valence-electron chi connectivity index (χ2n) is 4.20. The van der Waals surface area contributed by atoms with E-state index in [-0.39, 0.29) is 17.5 Å². The van der Waals surface area contributed by atoms with Crippen molar-refractivity contribution in [3.05, 3.63) is 12.2 Å². The first kappa shape index (κ1) is 13.8. The van der Waals surface area contributed by atoms with E-state index in [4.69, 9.17) is 5.11 Å². The zero-order valence-electron chi connectivity index (χ0n) is 10.2. The molecule has 6 nitrogen and oxygen atoms in total. The Bertz CT molecular complexity index is 417. The zero-order chi connectivity index (χ0) is 13.0. The predicted molar refractivity (Wildman–Crippen MR) is 63.9 cm³/mol. The summed E-state index contributed by atoms with van der Waals surface area (Å²) < 4.78 is 13.5. The first-order valence-electron chi connectivity index (χ1n) is 5.38. The third-order valence-corrected chi connectivity index (χ3v) is 3.74. The summed E-state index contributed by atoms with van der Waals surface area (Å²) in [4.78, 5) is 14.7. The van der Waals surface area contributed by atoms with E-state index in [1.54, 1.807) is 11.6 Å². The molecule has 0 saturated carbocycles. The van der Waals surface area contributed by atoms with Crippen LogP contribution in [0, 0.1) is 5.92 Å². The second-order valence-corrected chi connectivity index (χ2v) is 5.71. The lowest BCUT2D eigenvalue weighted by Gasteiger charge is -2.10. The minimum Gasteiger partial charge on any atom is -0.481 e. The molecule has 0 aliphatic heterocycles. The minimum absolute atomic E-state index is 0.139. The van der Waals surface area contributed by atoms with Crippen LogP contribution in [0.25, 0.3) is 0 Å². The van der Waals surface area contributed by atoms with E-state index in [0.717, 1.165) is 0 Å². The zero-order valence-corrected chi connectivity index (χ0v) is 11.0. The molecule has 2 unspecified atom stereocenters. The molecule has 1 aromatic rings. The van der Waals surface area contributed by atoms with Gasteiger partial charge in [0.15, 0.2) is 0 Å². The smallest absolute Gasteiger partial charge is 0.307 e. The second kappa shape index (κ2) is 5.90. The molecule has 1 rings (SSSR count). The lowest BCUT2D eigenvalue weighted by molar-refractivity contribution is -0.140. The fourth-order valence-corrected chi connectivity index (χ4v) is 2.67. The van der Waals surface area contributed by atoms with Gasteiger partial charge in [0.05, 0.1) is 11.7 Å². The highest BCUT2D eigenvalue weighted by Gasteiger charge is 2.17. The van der Waals surface area contributed by atoms with Gasteiger partial charge in [-0.05, 0) is 13.8 Å². The summed E-state index contributed by atoms with van der Waals surface area (Å²) in [6.07, 6.45) is 1.42. The van der Waals surface area contributed by atoms with Gasteiger partial charge in [-0.2, -0.15) is 5.10 Å². The summed E-state index contributed by atoms with van der Waals surface area (Å²) in [5, 5.41) is 12.8. The number of hydrogen-bond donors (Lipinski definition) is 1. The van der Waals surface area contributed by atoms with Crippen molar-refractivity contribution in [2.24, 2.45) is 5.92 Å². The molecular weight excluding hydrogens is 242 g/mol. The molecule has 0 bridgehead atoms. The molecule has 0 radical (unpaired) electrons. The minimum atomic E-state index is -1.23. The Labute approximate surface area is 103 Å². The molecule has 17 heavy (non-hydrogen) atoms. The fourth-order valence-electron chi connectivity index (χ4n) is 1.36. The average Bonchev–Trinajstić information content (AvgIpc) is 2.65. The number of aliphatic carboxylic acids is 1. The van der Waals surface area contributed by atoms with E-state index >= 15 is 0 Å². The summed E-state index contributed by atoms with van der Waals surface area (Å²) in [7, 11) is -1.23. The number of carboxylic acids is 1. The van der Waals surface area contributed by atoms with Crippen LogP contribution in [0.15, 0.2) is 6.33 Å². The van der Waals surface area contributed by atoms with Crippen LogP contribution in [0.4, 0.5) is 0 Å². The van der Waals surface area contributed by atoms with Crippen molar-refractivity contribution in [2.75, 3.05) is 5.75 Å². The Hall–Kier alpha value is -1.24. The maximum atomic E-state index is 11.8. The van der Waals surface area contributed by atoms with Crippen LogP contribution in [0.3, 0.4) is 0 Å². The first-order valence-corrected chi connectivity index (χ1v) is 6.86. The van der Waals surface area contributed by atoms with Gasteiger partial charge in [0.2, 0.25) is 0 Å². The Balaban J connectivity index is 2.62. The Morgan fingerprint density at radius 2 is 2.18 bits per heavy atom. The van der Waals surface area contributed by atoms with Crippen molar-refractivity contribution in [1.82, 2.24) is 14.8 Å². The number of nitrogens with zero attached hydrogens (tertiary/aromatic N) is 3. The number of rotatable bonds is 6. The van der Waals surface area contributed by atoms with Gasteiger partial charge in [-0.15, -0.1) is 0 Å². The summed E-state index contributed by atoms with van der Waals surface area (Å²) >= 11 is 0. The molecule has 1 aromatic heterocycles. The molecule has 0 aliphatic rings. The third kappa shape index (κ3) is 3.92. The standard InChI is InChI=1S/C10H17N3O3S/c1-7(2)13-9(11-6-12-13)5-17(16)4-8(3)10(14)15/h6-8H,4-5H2,1-3H3,(H,14,15). The van der Waals surface area contributed by atoms with Gasteiger partial charge in [-0.3, -0.25) is 9.00 Å². The van der Waals surface area contributed by atoms with Crippen LogP contribution in [-0.2, 0) is 21.3 Å². The van der Waals surface area contributed by atoms with E-state index in [2.05, 4.69) is 10.1 Å². The van der Waals surface area contributed by atoms with E-state index in [1.807, 2.05) is 13.8 Å². The van der Waals surface area contributed by atoms with Crippen molar-refractivity contribution >= 4 is 16.8 Å². The topological polar surface area (TPSA) is 85.1 Å². The van der Waals surface area contributed by atoms with Crippen molar-refractivity contribution in [2.45, 2.75) is 32.6 Å². The summed E-state index contributed by atoms with van der Waals surface area (Å²) in [5.41, 5.74) is 0. The summed E-state index contributed by atoms with van der Waals surface area (Å²) in [6, 6.07) is 0.154. The van der Waals surface area contributed by atoms with Crippen molar-refractivity contribution in [3.63, 3.8) is 0 Å². The number of aromatic nitrogens is 3. The largest absolute Gasteiger partial charge is 0.481 e. The lowest BCUT2D eigenvalue weighted by Crippen LogP contribution is -2.19. The predicted octanol–water partition coefficient (Wildman–Crippen LogP) is 0.828. The maximum absolute atomic E-state index is 11.8. The Morgan fingerprint density at radius 1 is 1.53 bits per heavy atom. The van der Waals surface area contributed by atoms with Gasteiger partial charge in [-0.1, -0.05) is 6.92 Å². The molecule has 0 saturated heterocycles. The molecule has 1 heterocycles. The maximum Gasteiger partial charge on any atom is 0.307 e. The van der Waals surface area contributed by atoms with Gasteiger partial charge in [-0.25, -0.2) is 9.67 Å². The van der Waals surface area contributed by atoms with Gasteiger partial charge in [0, 0.05) is 22.6 Å². The van der Waals surface area contributed by atoms with E-state index < -0.39 is 22.7 Å². The number of carbonyl (C=O) groups is 1. The van der Waals surface area contributed by atoms with Crippen LogP contribution in [-0.4, -0.2) is 35.8 Å². The summed E-state index contributed by atoms with van der Waals surface area (Å²) in [6.45, 7) is 5.47. The average molecular weight is 259 g/mol. The molecule has 0 aliphatic carbocycles. The van der Waals surface area contributed by atoms with Crippen molar-refractivity contribution in [3.8, 4) is 0 Å². The molecular formula is C10H17N3O3S. The molecule has 96 valence electrons. The molecule has 0 amide bonds. The van der Waals surface area contributed by atoms with E-state index in [0.29, 0.717) is 5.82 Å². The molecule has 0 aromatic carbocycles. The Kier molecular flexibility index (Phi) is 4.80. The van der Waals surface area contributed by atoms with Crippen molar-refractivity contribution < 1.29 is 14.1 Å². The fraction of sp³-hybridized carbons (Fsp3) is 0.700. The highest BCUT2D eigenvalue weighted by Crippen LogP contribution is 2.09. The van der Waals surface area contributed by atoms with Crippen LogP contribution in [0.1, 0.15) is 32.6 Å². The van der Waals surface area contributed by atoms with Crippen LogP contribution < -0.4 is 0 Å². The van der Waals surface area contributed by atoms with Crippen molar-refractivity contribution in [1.29, 1.82) is 0 Å². The highest BCUT2D eigenvalue weighted by molar-refractivity contribution is 7.84. The van der Waals surface area contributed by atoms with Crippen LogP contribution in [0.5, 0.6) is 0 Å². The SMILES string of the molecule is CC(CS(=O)Cc1ncnn1C(C)C)C(=O)O. The quantitative estimate of drug-likeness (QED) is 0.817. The van der Waals surface area contributed by atoms with Gasteiger partial charge in [0.1, 0.15) is 12.2 Å².